The summed E-state index contributed by atoms with van der Waals surface area (Å²) >= 11 is 1.86. The molecule has 0 spiro atoms. The Bertz CT molecular complexity index is 369. The Morgan fingerprint density at radius 1 is 1.44 bits per heavy atom. The molecule has 18 heavy (non-hydrogen) atoms. The normalized spacial score (nSPS) is 12.3. The first-order chi connectivity index (χ1) is 8.61. The van der Waals surface area contributed by atoms with Crippen LogP contribution in [0.5, 0.6) is 5.75 Å². The van der Waals surface area contributed by atoms with Crippen LogP contribution >= 0.6 is 11.8 Å². The van der Waals surface area contributed by atoms with Gasteiger partial charge in [0.05, 0.1) is 13.2 Å². The van der Waals surface area contributed by atoms with Crippen LogP contribution in [-0.2, 0) is 0 Å². The van der Waals surface area contributed by atoms with Gasteiger partial charge in [-0.05, 0) is 37.5 Å². The zero-order chi connectivity index (χ0) is 13.5. The van der Waals surface area contributed by atoms with Crippen molar-refractivity contribution in [3.8, 4) is 5.75 Å². The number of rotatable bonds is 7. The highest BCUT2D eigenvalue weighted by molar-refractivity contribution is 7.98. The number of benzene rings is 1. The number of aliphatic hydroxyl groups excluding tert-OH is 1. The summed E-state index contributed by atoms with van der Waals surface area (Å²) in [6.45, 7) is 2.75. The topological polar surface area (TPSA) is 32.7 Å². The smallest absolute Gasteiger partial charge is 0.126 e. The van der Waals surface area contributed by atoms with Gasteiger partial charge in [0.2, 0.25) is 0 Å². The molecule has 0 heterocycles. The second-order valence-corrected chi connectivity index (χ2v) is 5.32. The Hall–Kier alpha value is -0.870. The Balaban J connectivity index is 2.92. The Kier molecular flexibility index (Phi) is 6.36. The number of methoxy groups -OCH3 is 1. The van der Waals surface area contributed by atoms with E-state index in [9.17, 15) is 5.11 Å². The number of anilines is 1. The third-order valence-electron chi connectivity index (χ3n) is 2.93. The lowest BCUT2D eigenvalue weighted by molar-refractivity contribution is 0.194. The van der Waals surface area contributed by atoms with Crippen LogP contribution in [0.2, 0.25) is 0 Å². The van der Waals surface area contributed by atoms with Crippen LogP contribution in [0.3, 0.4) is 0 Å². The standard InChI is InChI=1S/C14H23NO2S/c1-11(16)14-12(7-5-8-13(14)17-3)15(2)9-6-10-18-4/h5,7-8,11,16H,6,9-10H2,1-4H3/t11-/m1/s1. The lowest BCUT2D eigenvalue weighted by atomic mass is 10.1. The highest BCUT2D eigenvalue weighted by Gasteiger charge is 2.16. The van der Waals surface area contributed by atoms with Gasteiger partial charge in [-0.2, -0.15) is 11.8 Å². The molecule has 0 aromatic heterocycles. The molecule has 0 amide bonds. The van der Waals surface area contributed by atoms with E-state index in [4.69, 9.17) is 4.74 Å². The SMILES string of the molecule is COc1cccc(N(C)CCCSC)c1[C@@H](C)O. The van der Waals surface area contributed by atoms with Crippen LogP contribution in [0.4, 0.5) is 5.69 Å². The van der Waals surface area contributed by atoms with E-state index in [2.05, 4.69) is 18.2 Å². The van der Waals surface area contributed by atoms with Gasteiger partial charge in [-0.15, -0.1) is 0 Å². The molecule has 0 aliphatic carbocycles. The number of thioether (sulfide) groups is 1. The largest absolute Gasteiger partial charge is 0.496 e. The van der Waals surface area contributed by atoms with E-state index >= 15 is 0 Å². The number of hydrogen-bond acceptors (Lipinski definition) is 4. The van der Waals surface area contributed by atoms with Gasteiger partial charge in [-0.25, -0.2) is 0 Å². The first-order valence-electron chi connectivity index (χ1n) is 6.16. The van der Waals surface area contributed by atoms with Crippen molar-refractivity contribution in [2.75, 3.05) is 37.6 Å². The molecule has 3 nitrogen and oxygen atoms in total. The molecule has 0 bridgehead atoms. The summed E-state index contributed by atoms with van der Waals surface area (Å²) in [7, 11) is 3.69. The van der Waals surface area contributed by atoms with Crippen LogP contribution in [-0.4, -0.2) is 37.8 Å². The molecule has 1 atom stereocenters. The second-order valence-electron chi connectivity index (χ2n) is 4.34. The molecular formula is C14H23NO2S. The summed E-state index contributed by atoms with van der Waals surface area (Å²) in [4.78, 5) is 2.18. The van der Waals surface area contributed by atoms with Gasteiger partial charge in [0.15, 0.2) is 0 Å². The van der Waals surface area contributed by atoms with E-state index in [0.29, 0.717) is 0 Å². The van der Waals surface area contributed by atoms with Crippen LogP contribution in [0, 0.1) is 0 Å². The Morgan fingerprint density at radius 2 is 2.17 bits per heavy atom. The fourth-order valence-electron chi connectivity index (χ4n) is 2.03. The van der Waals surface area contributed by atoms with Crippen molar-refractivity contribution >= 4 is 17.4 Å². The molecule has 4 heteroatoms. The summed E-state index contributed by atoms with van der Waals surface area (Å²) in [5.74, 6) is 1.90. The molecule has 0 aliphatic rings. The van der Waals surface area contributed by atoms with Gasteiger partial charge >= 0.3 is 0 Å². The maximum absolute atomic E-state index is 9.93. The fraction of sp³-hybridized carbons (Fsp3) is 0.571. The van der Waals surface area contributed by atoms with Crippen LogP contribution < -0.4 is 9.64 Å². The quantitative estimate of drug-likeness (QED) is 0.772. The number of hydrogen-bond donors (Lipinski definition) is 1. The van der Waals surface area contributed by atoms with E-state index in [1.54, 1.807) is 14.0 Å². The predicted octanol–water partition coefficient (Wildman–Crippen LogP) is 2.94. The van der Waals surface area contributed by atoms with Crippen molar-refractivity contribution in [1.82, 2.24) is 0 Å². The van der Waals surface area contributed by atoms with Gasteiger partial charge in [-0.3, -0.25) is 0 Å². The minimum Gasteiger partial charge on any atom is -0.496 e. The molecule has 0 radical (unpaired) electrons. The lowest BCUT2D eigenvalue weighted by Gasteiger charge is -2.25. The fourth-order valence-corrected chi connectivity index (χ4v) is 2.45. The molecule has 1 aromatic carbocycles. The molecule has 1 N–H and O–H groups in total. The lowest BCUT2D eigenvalue weighted by Crippen LogP contribution is -2.21. The monoisotopic (exact) mass is 269 g/mol. The molecular weight excluding hydrogens is 246 g/mol. The van der Waals surface area contributed by atoms with Gasteiger partial charge in [0.25, 0.3) is 0 Å². The van der Waals surface area contributed by atoms with Crippen LogP contribution in [0.15, 0.2) is 18.2 Å². The molecule has 0 saturated carbocycles. The maximum Gasteiger partial charge on any atom is 0.126 e. The van der Waals surface area contributed by atoms with E-state index in [-0.39, 0.29) is 0 Å². The van der Waals surface area contributed by atoms with Crippen molar-refractivity contribution in [2.24, 2.45) is 0 Å². The van der Waals surface area contributed by atoms with E-state index < -0.39 is 6.10 Å². The molecule has 1 rings (SSSR count). The second kappa shape index (κ2) is 7.54. The van der Waals surface area contributed by atoms with Crippen LogP contribution in [0.25, 0.3) is 0 Å². The summed E-state index contributed by atoms with van der Waals surface area (Å²) in [6.07, 6.45) is 2.72. The van der Waals surface area contributed by atoms with Crippen LogP contribution in [0.1, 0.15) is 25.0 Å². The van der Waals surface area contributed by atoms with Crippen molar-refractivity contribution < 1.29 is 9.84 Å². The predicted molar refractivity (Wildman–Crippen MR) is 79.9 cm³/mol. The highest BCUT2D eigenvalue weighted by atomic mass is 32.2. The minimum atomic E-state index is -0.529. The summed E-state index contributed by atoms with van der Waals surface area (Å²) in [5.41, 5.74) is 1.91. The van der Waals surface area contributed by atoms with E-state index in [0.717, 1.165) is 35.7 Å². The van der Waals surface area contributed by atoms with Gasteiger partial charge in [-0.1, -0.05) is 6.07 Å². The summed E-state index contributed by atoms with van der Waals surface area (Å²) in [5, 5.41) is 9.93. The number of ether oxygens (including phenoxy) is 1. The molecule has 0 saturated heterocycles. The zero-order valence-corrected chi connectivity index (χ0v) is 12.5. The van der Waals surface area contributed by atoms with E-state index in [1.807, 2.05) is 30.0 Å². The summed E-state index contributed by atoms with van der Waals surface area (Å²) in [6, 6.07) is 5.88. The van der Waals surface area contributed by atoms with Crippen molar-refractivity contribution in [3.63, 3.8) is 0 Å². The average Bonchev–Trinajstić information content (AvgIpc) is 2.37. The highest BCUT2D eigenvalue weighted by Crippen LogP contribution is 2.34. The Morgan fingerprint density at radius 3 is 2.72 bits per heavy atom. The minimum absolute atomic E-state index is 0.529. The molecule has 0 fully saturated rings. The zero-order valence-electron chi connectivity index (χ0n) is 11.6. The van der Waals surface area contributed by atoms with Gasteiger partial charge < -0.3 is 14.7 Å². The third-order valence-corrected chi connectivity index (χ3v) is 3.63. The third kappa shape index (κ3) is 3.82. The molecule has 1 aromatic rings. The first-order valence-corrected chi connectivity index (χ1v) is 7.56. The van der Waals surface area contributed by atoms with Crippen molar-refractivity contribution in [1.29, 1.82) is 0 Å². The molecule has 102 valence electrons. The first kappa shape index (κ1) is 15.2. The van der Waals surface area contributed by atoms with Gasteiger partial charge in [0.1, 0.15) is 5.75 Å². The maximum atomic E-state index is 9.93. The van der Waals surface area contributed by atoms with Crippen molar-refractivity contribution in [3.05, 3.63) is 23.8 Å². The molecule has 0 aliphatic heterocycles. The van der Waals surface area contributed by atoms with E-state index in [1.165, 1.54) is 0 Å². The Labute approximate surface area is 114 Å². The summed E-state index contributed by atoms with van der Waals surface area (Å²) < 4.78 is 5.33. The molecule has 0 unspecified atom stereocenters. The number of aliphatic hydroxyl groups is 1. The van der Waals surface area contributed by atoms with Gasteiger partial charge in [0, 0.05) is 24.8 Å². The number of nitrogens with zero attached hydrogens (tertiary/aromatic N) is 1. The average molecular weight is 269 g/mol. The van der Waals surface area contributed by atoms with Crippen molar-refractivity contribution in [2.45, 2.75) is 19.4 Å².